The summed E-state index contributed by atoms with van der Waals surface area (Å²) >= 11 is 0. The number of halogens is 3. The first-order valence-electron chi connectivity index (χ1n) is 10.1. The van der Waals surface area contributed by atoms with Crippen molar-refractivity contribution in [1.82, 2.24) is 25.1 Å². The molecular weight excluding hydrogens is 423 g/mol. The molecule has 1 aliphatic rings. The van der Waals surface area contributed by atoms with Crippen molar-refractivity contribution in [2.24, 2.45) is 0 Å². The van der Waals surface area contributed by atoms with Gasteiger partial charge in [-0.3, -0.25) is 9.89 Å². The molecule has 2 aromatic heterocycles. The van der Waals surface area contributed by atoms with Gasteiger partial charge in [0.05, 0.1) is 28.2 Å². The minimum absolute atomic E-state index is 0.0591. The Kier molecular flexibility index (Phi) is 5.86. The average Bonchev–Trinajstić information content (AvgIpc) is 3.41. The number of nitrogens with one attached hydrogen (secondary N) is 1. The molecular formula is C22H22F3N5O2. The van der Waals surface area contributed by atoms with Crippen molar-refractivity contribution in [2.45, 2.75) is 39.0 Å². The minimum Gasteiger partial charge on any atom is -0.487 e. The van der Waals surface area contributed by atoms with Gasteiger partial charge in [0.15, 0.2) is 0 Å². The number of hydrogen-bond donors (Lipinski definition) is 1. The SMILES string of the molecule is Cc1ncc(C(=O)N2CC[C@H](c3cc(COc4cccc(C(F)(F)F)c4)[nH]n3)C2)c(C)n1. The quantitative estimate of drug-likeness (QED) is 0.641. The molecule has 7 nitrogen and oxygen atoms in total. The van der Waals surface area contributed by atoms with Crippen LogP contribution in [-0.4, -0.2) is 44.1 Å². The second-order valence-corrected chi connectivity index (χ2v) is 7.79. The van der Waals surface area contributed by atoms with E-state index in [1.54, 1.807) is 24.9 Å². The summed E-state index contributed by atoms with van der Waals surface area (Å²) in [4.78, 5) is 23.0. The molecule has 0 spiro atoms. The van der Waals surface area contributed by atoms with Crippen molar-refractivity contribution in [2.75, 3.05) is 13.1 Å². The van der Waals surface area contributed by atoms with Gasteiger partial charge in [-0.1, -0.05) is 6.07 Å². The normalized spacial score (nSPS) is 16.4. The fourth-order valence-electron chi connectivity index (χ4n) is 3.74. The lowest BCUT2D eigenvalue weighted by Crippen LogP contribution is -2.29. The molecule has 3 aromatic rings. The Morgan fingerprint density at radius 2 is 2.09 bits per heavy atom. The van der Waals surface area contributed by atoms with Gasteiger partial charge in [0.25, 0.3) is 5.91 Å². The van der Waals surface area contributed by atoms with E-state index >= 15 is 0 Å². The Bertz CT molecular complexity index is 1130. The smallest absolute Gasteiger partial charge is 0.416 e. The molecule has 1 aromatic carbocycles. The largest absolute Gasteiger partial charge is 0.487 e. The summed E-state index contributed by atoms with van der Waals surface area (Å²) in [6, 6.07) is 6.57. The van der Waals surface area contributed by atoms with Gasteiger partial charge in [-0.05, 0) is 44.5 Å². The van der Waals surface area contributed by atoms with Gasteiger partial charge >= 0.3 is 6.18 Å². The third-order valence-corrected chi connectivity index (χ3v) is 5.43. The molecule has 1 N–H and O–H groups in total. The van der Waals surface area contributed by atoms with Crippen LogP contribution in [0.2, 0.25) is 0 Å². The Labute approximate surface area is 182 Å². The zero-order chi connectivity index (χ0) is 22.9. The Morgan fingerprint density at radius 3 is 2.84 bits per heavy atom. The van der Waals surface area contributed by atoms with Crippen LogP contribution in [0.1, 0.15) is 51.2 Å². The van der Waals surface area contributed by atoms with E-state index < -0.39 is 11.7 Å². The van der Waals surface area contributed by atoms with Crippen LogP contribution in [0, 0.1) is 13.8 Å². The number of aromatic amines is 1. The molecule has 168 valence electrons. The molecule has 0 radical (unpaired) electrons. The number of ether oxygens (including phenoxy) is 1. The average molecular weight is 445 g/mol. The zero-order valence-electron chi connectivity index (χ0n) is 17.6. The lowest BCUT2D eigenvalue weighted by molar-refractivity contribution is -0.137. The van der Waals surface area contributed by atoms with Gasteiger partial charge in [0.2, 0.25) is 0 Å². The predicted octanol–water partition coefficient (Wildman–Crippen LogP) is 4.04. The maximum absolute atomic E-state index is 12.8. The van der Waals surface area contributed by atoms with Crippen LogP contribution in [0.25, 0.3) is 0 Å². The third kappa shape index (κ3) is 4.74. The predicted molar refractivity (Wildman–Crippen MR) is 109 cm³/mol. The van der Waals surface area contributed by atoms with E-state index in [0.717, 1.165) is 24.2 Å². The highest BCUT2D eigenvalue weighted by Crippen LogP contribution is 2.32. The number of aromatic nitrogens is 4. The van der Waals surface area contributed by atoms with E-state index in [1.807, 2.05) is 6.07 Å². The molecule has 0 bridgehead atoms. The summed E-state index contributed by atoms with van der Waals surface area (Å²) in [5, 5.41) is 7.18. The van der Waals surface area contributed by atoms with Crippen LogP contribution >= 0.6 is 0 Å². The number of hydrogen-bond acceptors (Lipinski definition) is 5. The number of H-pyrrole nitrogens is 1. The van der Waals surface area contributed by atoms with E-state index in [2.05, 4.69) is 20.2 Å². The number of amides is 1. The first kappa shape index (κ1) is 21.8. The summed E-state index contributed by atoms with van der Waals surface area (Å²) in [5.74, 6) is 0.705. The topological polar surface area (TPSA) is 84.0 Å². The number of benzene rings is 1. The molecule has 32 heavy (non-hydrogen) atoms. The lowest BCUT2D eigenvalue weighted by Gasteiger charge is -2.17. The molecule has 3 heterocycles. The molecule has 0 saturated carbocycles. The standard InChI is InChI=1S/C22H22F3N5O2/c1-13-19(10-26-14(2)27-13)21(31)30-7-6-15(11-30)20-9-17(28-29-20)12-32-18-5-3-4-16(8-18)22(23,24)25/h3-5,8-10,15H,6-7,11-12H2,1-2H3,(H,28,29)/t15-/m0/s1. The molecule has 1 fully saturated rings. The molecule has 1 atom stereocenters. The van der Waals surface area contributed by atoms with Crippen LogP contribution in [0.15, 0.2) is 36.5 Å². The van der Waals surface area contributed by atoms with Crippen LogP contribution in [0.3, 0.4) is 0 Å². The number of alkyl halides is 3. The lowest BCUT2D eigenvalue weighted by atomic mass is 10.1. The van der Waals surface area contributed by atoms with E-state index in [-0.39, 0.29) is 24.2 Å². The number of carbonyl (C=O) groups is 1. The summed E-state index contributed by atoms with van der Waals surface area (Å²) in [6.07, 6.45) is -2.10. The summed E-state index contributed by atoms with van der Waals surface area (Å²) in [6.45, 7) is 4.74. The maximum atomic E-state index is 12.8. The third-order valence-electron chi connectivity index (χ3n) is 5.43. The highest BCUT2D eigenvalue weighted by molar-refractivity contribution is 5.95. The number of rotatable bonds is 5. The fourth-order valence-corrected chi connectivity index (χ4v) is 3.74. The first-order valence-corrected chi connectivity index (χ1v) is 10.1. The molecule has 1 saturated heterocycles. The van der Waals surface area contributed by atoms with E-state index in [1.165, 1.54) is 12.1 Å². The monoisotopic (exact) mass is 445 g/mol. The molecule has 1 aliphatic heterocycles. The van der Waals surface area contributed by atoms with E-state index in [9.17, 15) is 18.0 Å². The van der Waals surface area contributed by atoms with Gasteiger partial charge in [-0.15, -0.1) is 0 Å². The number of carbonyl (C=O) groups excluding carboxylic acids is 1. The van der Waals surface area contributed by atoms with Gasteiger partial charge in [0.1, 0.15) is 18.2 Å². The maximum Gasteiger partial charge on any atom is 0.416 e. The minimum atomic E-state index is -4.42. The van der Waals surface area contributed by atoms with Crippen molar-refractivity contribution < 1.29 is 22.7 Å². The second-order valence-electron chi connectivity index (χ2n) is 7.79. The van der Waals surface area contributed by atoms with E-state index in [4.69, 9.17) is 4.74 Å². The molecule has 0 unspecified atom stereocenters. The second kappa shape index (κ2) is 8.60. The van der Waals surface area contributed by atoms with Crippen molar-refractivity contribution in [3.05, 3.63) is 70.6 Å². The Morgan fingerprint density at radius 1 is 1.28 bits per heavy atom. The van der Waals surface area contributed by atoms with Crippen LogP contribution in [0.4, 0.5) is 13.2 Å². The van der Waals surface area contributed by atoms with Gasteiger partial charge < -0.3 is 9.64 Å². The van der Waals surface area contributed by atoms with Crippen molar-refractivity contribution >= 4 is 5.91 Å². The summed E-state index contributed by atoms with van der Waals surface area (Å²) in [5.41, 5.74) is 1.82. The van der Waals surface area contributed by atoms with Crippen molar-refractivity contribution in [3.63, 3.8) is 0 Å². The molecule has 10 heteroatoms. The molecule has 0 aliphatic carbocycles. The van der Waals surface area contributed by atoms with Crippen LogP contribution < -0.4 is 4.74 Å². The number of nitrogens with zero attached hydrogens (tertiary/aromatic N) is 4. The number of likely N-dealkylation sites (tertiary alicyclic amines) is 1. The van der Waals surface area contributed by atoms with E-state index in [0.29, 0.717) is 35.9 Å². The first-order chi connectivity index (χ1) is 15.2. The van der Waals surface area contributed by atoms with Gasteiger partial charge in [-0.2, -0.15) is 18.3 Å². The van der Waals surface area contributed by atoms with Gasteiger partial charge in [0, 0.05) is 25.2 Å². The van der Waals surface area contributed by atoms with Crippen LogP contribution in [-0.2, 0) is 12.8 Å². The molecule has 4 rings (SSSR count). The fraction of sp³-hybridized carbons (Fsp3) is 0.364. The Balaban J connectivity index is 1.37. The summed E-state index contributed by atoms with van der Waals surface area (Å²) < 4.78 is 44.0. The molecule has 1 amide bonds. The van der Waals surface area contributed by atoms with Crippen molar-refractivity contribution in [3.8, 4) is 5.75 Å². The summed E-state index contributed by atoms with van der Waals surface area (Å²) in [7, 11) is 0. The zero-order valence-corrected chi connectivity index (χ0v) is 17.6. The highest BCUT2D eigenvalue weighted by atomic mass is 19.4. The van der Waals surface area contributed by atoms with Crippen molar-refractivity contribution in [1.29, 1.82) is 0 Å². The van der Waals surface area contributed by atoms with Gasteiger partial charge in [-0.25, -0.2) is 9.97 Å². The Hall–Kier alpha value is -3.43. The highest BCUT2D eigenvalue weighted by Gasteiger charge is 2.31. The van der Waals surface area contributed by atoms with Crippen LogP contribution in [0.5, 0.6) is 5.75 Å². The number of aryl methyl sites for hydroxylation is 2.